The molecule has 122 valence electrons. The van der Waals surface area contributed by atoms with Crippen LogP contribution < -0.4 is 5.32 Å². The van der Waals surface area contributed by atoms with Crippen LogP contribution >= 0.6 is 0 Å². The molecule has 0 bridgehead atoms. The molecule has 23 heavy (non-hydrogen) atoms. The number of carbonyl (C=O) groups excluding carboxylic acids is 3. The van der Waals surface area contributed by atoms with Crippen LogP contribution in [0.2, 0.25) is 0 Å². The topological polar surface area (TPSA) is 125 Å². The van der Waals surface area contributed by atoms with Crippen LogP contribution in [0, 0.1) is 17.0 Å². The highest BCUT2D eigenvalue weighted by atomic mass is 16.6. The van der Waals surface area contributed by atoms with E-state index in [1.54, 1.807) is 0 Å². The van der Waals surface area contributed by atoms with Crippen molar-refractivity contribution in [3.8, 4) is 0 Å². The molecule has 0 aromatic heterocycles. The average Bonchev–Trinajstić information content (AvgIpc) is 2.89. The van der Waals surface area contributed by atoms with Gasteiger partial charge in [-0.05, 0) is 19.1 Å². The van der Waals surface area contributed by atoms with Crippen molar-refractivity contribution >= 4 is 23.5 Å². The minimum atomic E-state index is -0.930. The maximum Gasteiger partial charge on any atom is 0.347 e. The fourth-order valence-electron chi connectivity index (χ4n) is 2.04. The van der Waals surface area contributed by atoms with E-state index in [2.05, 4.69) is 10.1 Å². The minimum absolute atomic E-state index is 0.0966. The van der Waals surface area contributed by atoms with E-state index in [1.807, 2.05) is 0 Å². The van der Waals surface area contributed by atoms with Gasteiger partial charge in [0.1, 0.15) is 6.54 Å². The number of esters is 2. The zero-order chi connectivity index (χ0) is 17.0. The van der Waals surface area contributed by atoms with Crippen molar-refractivity contribution in [2.45, 2.75) is 19.4 Å². The summed E-state index contributed by atoms with van der Waals surface area (Å²) in [5.74, 6) is -1.94. The van der Waals surface area contributed by atoms with Gasteiger partial charge < -0.3 is 14.8 Å². The van der Waals surface area contributed by atoms with Gasteiger partial charge in [0.2, 0.25) is 6.10 Å². The fourth-order valence-corrected chi connectivity index (χ4v) is 2.04. The molecule has 1 saturated heterocycles. The highest BCUT2D eigenvalue weighted by Crippen LogP contribution is 2.18. The van der Waals surface area contributed by atoms with Crippen molar-refractivity contribution in [2.24, 2.45) is 0 Å². The zero-order valence-electron chi connectivity index (χ0n) is 12.2. The van der Waals surface area contributed by atoms with E-state index in [-0.39, 0.29) is 17.9 Å². The fraction of sp³-hybridized carbons (Fsp3) is 0.357. The summed E-state index contributed by atoms with van der Waals surface area (Å²) in [6, 6.07) is 3.87. The smallest absolute Gasteiger partial charge is 0.347 e. The predicted molar refractivity (Wildman–Crippen MR) is 75.6 cm³/mol. The molecule has 0 radical (unpaired) electrons. The quantitative estimate of drug-likeness (QED) is 0.475. The lowest BCUT2D eigenvalue weighted by molar-refractivity contribution is -0.385. The first-order valence-electron chi connectivity index (χ1n) is 6.78. The van der Waals surface area contributed by atoms with E-state index in [9.17, 15) is 24.5 Å². The van der Waals surface area contributed by atoms with Crippen LogP contribution in [-0.2, 0) is 19.1 Å². The molecule has 2 rings (SSSR count). The van der Waals surface area contributed by atoms with E-state index < -0.39 is 35.4 Å². The molecule has 1 aromatic rings. The van der Waals surface area contributed by atoms with Crippen LogP contribution in [-0.4, -0.2) is 42.0 Å². The maximum atomic E-state index is 11.9. The molecular weight excluding hydrogens is 308 g/mol. The molecule has 0 spiro atoms. The van der Waals surface area contributed by atoms with E-state index in [1.165, 1.54) is 25.1 Å². The first-order valence-corrected chi connectivity index (χ1v) is 6.78. The van der Waals surface area contributed by atoms with Crippen molar-refractivity contribution < 1.29 is 28.8 Å². The Balaban J connectivity index is 1.89. The van der Waals surface area contributed by atoms with Crippen LogP contribution in [0.25, 0.3) is 0 Å². The van der Waals surface area contributed by atoms with Gasteiger partial charge in [-0.25, -0.2) is 4.79 Å². The maximum absolute atomic E-state index is 11.9. The number of aryl methyl sites for hydroxylation is 1. The largest absolute Gasteiger partial charge is 0.463 e. The summed E-state index contributed by atoms with van der Waals surface area (Å²) in [5.41, 5.74) is 0.417. The van der Waals surface area contributed by atoms with Crippen LogP contribution in [0.3, 0.4) is 0 Å². The second-order valence-corrected chi connectivity index (χ2v) is 4.88. The first-order chi connectivity index (χ1) is 10.9. The number of ether oxygens (including phenoxy) is 2. The predicted octanol–water partition coefficient (Wildman–Crippen LogP) is 0.492. The lowest BCUT2D eigenvalue weighted by Crippen LogP contribution is -2.33. The first kappa shape index (κ1) is 16.4. The molecule has 1 heterocycles. The highest BCUT2D eigenvalue weighted by molar-refractivity contribution is 5.96. The normalized spacial score (nSPS) is 16.6. The molecule has 1 aromatic carbocycles. The van der Waals surface area contributed by atoms with Crippen LogP contribution in [0.5, 0.6) is 0 Å². The number of nitro benzene ring substituents is 1. The Morgan fingerprint density at radius 3 is 2.78 bits per heavy atom. The van der Waals surface area contributed by atoms with Gasteiger partial charge in [0.15, 0.2) is 0 Å². The van der Waals surface area contributed by atoms with Gasteiger partial charge in [0.05, 0.1) is 11.5 Å². The number of rotatable bonds is 5. The average molecular weight is 322 g/mol. The zero-order valence-corrected chi connectivity index (χ0v) is 12.2. The molecule has 1 fully saturated rings. The number of nitrogens with one attached hydrogen (secondary N) is 1. The SMILES string of the molecule is Cc1cc(C(=O)NCC(=O)OC2CCOC2=O)ccc1[N+](=O)[O-]. The van der Waals surface area contributed by atoms with Gasteiger partial charge in [0, 0.05) is 23.6 Å². The van der Waals surface area contributed by atoms with Crippen molar-refractivity contribution in [1.29, 1.82) is 0 Å². The summed E-state index contributed by atoms with van der Waals surface area (Å²) < 4.78 is 9.51. The van der Waals surface area contributed by atoms with Crippen LogP contribution in [0.1, 0.15) is 22.3 Å². The molecule has 0 aliphatic carbocycles. The van der Waals surface area contributed by atoms with Gasteiger partial charge in [-0.15, -0.1) is 0 Å². The number of nitro groups is 1. The second kappa shape index (κ2) is 6.86. The third-order valence-electron chi connectivity index (χ3n) is 3.21. The number of hydrogen-bond donors (Lipinski definition) is 1. The van der Waals surface area contributed by atoms with Crippen molar-refractivity contribution in [3.05, 3.63) is 39.4 Å². The standard InChI is InChI=1S/C14H14N2O7/c1-8-6-9(2-3-10(8)16(20)21)13(18)15-7-12(17)23-11-4-5-22-14(11)19/h2-3,6,11H,4-5,7H2,1H3,(H,15,18). The lowest BCUT2D eigenvalue weighted by atomic mass is 10.1. The molecule has 1 amide bonds. The molecular formula is C14H14N2O7. The number of benzene rings is 1. The highest BCUT2D eigenvalue weighted by Gasteiger charge is 2.30. The Labute approximate surface area is 130 Å². The number of amides is 1. The van der Waals surface area contributed by atoms with E-state index in [0.717, 1.165) is 0 Å². The monoisotopic (exact) mass is 322 g/mol. The van der Waals surface area contributed by atoms with Crippen molar-refractivity contribution in [3.63, 3.8) is 0 Å². The molecule has 1 aliphatic rings. The molecule has 1 aliphatic heterocycles. The summed E-state index contributed by atoms with van der Waals surface area (Å²) in [6.45, 7) is 1.29. The van der Waals surface area contributed by atoms with Gasteiger partial charge in [0.25, 0.3) is 11.6 Å². The van der Waals surface area contributed by atoms with Crippen molar-refractivity contribution in [1.82, 2.24) is 5.32 Å². The molecule has 9 heteroatoms. The molecule has 9 nitrogen and oxygen atoms in total. The number of cyclic esters (lactones) is 1. The third-order valence-corrected chi connectivity index (χ3v) is 3.21. The van der Waals surface area contributed by atoms with Gasteiger partial charge in [-0.2, -0.15) is 0 Å². The number of carbonyl (C=O) groups is 3. The van der Waals surface area contributed by atoms with Gasteiger partial charge in [-0.1, -0.05) is 0 Å². The van der Waals surface area contributed by atoms with E-state index in [0.29, 0.717) is 12.0 Å². The van der Waals surface area contributed by atoms with Crippen molar-refractivity contribution in [2.75, 3.05) is 13.2 Å². The van der Waals surface area contributed by atoms with Crippen LogP contribution in [0.4, 0.5) is 5.69 Å². The number of nitrogens with zero attached hydrogens (tertiary/aromatic N) is 1. The summed E-state index contributed by atoms with van der Waals surface area (Å²) in [5, 5.41) is 13.0. The molecule has 0 saturated carbocycles. The molecule has 1 unspecified atom stereocenters. The number of hydrogen-bond acceptors (Lipinski definition) is 7. The van der Waals surface area contributed by atoms with Crippen LogP contribution in [0.15, 0.2) is 18.2 Å². The summed E-state index contributed by atoms with van der Waals surface area (Å²) in [4.78, 5) is 44.8. The van der Waals surface area contributed by atoms with E-state index >= 15 is 0 Å². The Bertz CT molecular complexity index is 671. The minimum Gasteiger partial charge on any atom is -0.463 e. The Morgan fingerprint density at radius 2 is 2.22 bits per heavy atom. The second-order valence-electron chi connectivity index (χ2n) is 4.88. The molecule has 1 atom stereocenters. The summed E-state index contributed by atoms with van der Waals surface area (Å²) in [7, 11) is 0. The Hall–Kier alpha value is -2.97. The van der Waals surface area contributed by atoms with Gasteiger partial charge in [-0.3, -0.25) is 19.7 Å². The Kier molecular flexibility index (Phi) is 4.89. The van der Waals surface area contributed by atoms with E-state index in [4.69, 9.17) is 4.74 Å². The summed E-state index contributed by atoms with van der Waals surface area (Å²) in [6.07, 6.45) is -0.638. The third kappa shape index (κ3) is 4.02. The Morgan fingerprint density at radius 1 is 1.48 bits per heavy atom. The molecule has 1 N–H and O–H groups in total. The van der Waals surface area contributed by atoms with Gasteiger partial charge >= 0.3 is 11.9 Å². The summed E-state index contributed by atoms with van der Waals surface area (Å²) >= 11 is 0. The lowest BCUT2D eigenvalue weighted by Gasteiger charge is -2.09.